The van der Waals surface area contributed by atoms with Crippen molar-refractivity contribution >= 4 is 46.0 Å². The van der Waals surface area contributed by atoms with E-state index in [2.05, 4.69) is 114 Å². The van der Waals surface area contributed by atoms with Crippen LogP contribution in [0.4, 0.5) is 27.1 Å². The highest BCUT2D eigenvalue weighted by atomic mass is 35.5. The first-order valence-electron chi connectivity index (χ1n) is 35.5. The van der Waals surface area contributed by atoms with E-state index in [0.29, 0.717) is 0 Å². The van der Waals surface area contributed by atoms with Gasteiger partial charge < -0.3 is 19.6 Å². The van der Waals surface area contributed by atoms with E-state index in [9.17, 15) is 4.39 Å². The Morgan fingerprint density at radius 3 is 1.32 bits per heavy atom. The quantitative estimate of drug-likeness (QED) is 0.145. The van der Waals surface area contributed by atoms with Gasteiger partial charge in [0.25, 0.3) is 0 Å². The topological polar surface area (TPSA) is 25.9 Å². The molecule has 11 heteroatoms. The highest BCUT2D eigenvalue weighted by molar-refractivity contribution is 6.31. The van der Waals surface area contributed by atoms with Crippen molar-refractivity contribution in [3.05, 3.63) is 130 Å². The van der Waals surface area contributed by atoms with Crippen LogP contribution < -0.4 is 19.6 Å². The summed E-state index contributed by atoms with van der Waals surface area (Å²) in [5.41, 5.74) is 8.01. The van der Waals surface area contributed by atoms with Crippen molar-refractivity contribution in [1.82, 2.24) is 19.6 Å². The van der Waals surface area contributed by atoms with Gasteiger partial charge >= 0.3 is 0 Å². The van der Waals surface area contributed by atoms with Gasteiger partial charge in [0, 0.05) is 163 Å². The minimum absolute atomic E-state index is 0.148. The second kappa shape index (κ2) is 29.2. The van der Waals surface area contributed by atoms with Gasteiger partial charge in [-0.05, 0) is 247 Å². The number of benzene rings is 4. The van der Waals surface area contributed by atoms with Crippen molar-refractivity contribution in [2.75, 3.05) is 137 Å². The summed E-state index contributed by atoms with van der Waals surface area (Å²) in [6, 6.07) is 32.2. The third-order valence-corrected chi connectivity index (χ3v) is 24.4. The van der Waals surface area contributed by atoms with E-state index in [1.165, 1.54) is 171 Å². The Kier molecular flexibility index (Phi) is 20.8. The average Bonchev–Trinajstić information content (AvgIpc) is 1.27. The van der Waals surface area contributed by atoms with Gasteiger partial charge in [-0.1, -0.05) is 78.9 Å². The van der Waals surface area contributed by atoms with E-state index < -0.39 is 0 Å². The summed E-state index contributed by atoms with van der Waals surface area (Å²) < 4.78 is 12.9. The molecule has 0 spiro atoms. The summed E-state index contributed by atoms with van der Waals surface area (Å²) in [5.74, 6) is 10.1. The van der Waals surface area contributed by atoms with E-state index in [1.807, 2.05) is 30.3 Å². The van der Waals surface area contributed by atoms with Crippen molar-refractivity contribution in [3.8, 4) is 0 Å². The van der Waals surface area contributed by atoms with Crippen molar-refractivity contribution in [2.24, 2.45) is 59.2 Å². The first kappa shape index (κ1) is 62.0. The predicted molar refractivity (Wildman–Crippen MR) is 365 cm³/mol. The number of hydrogen-bond acceptors (Lipinski definition) is 8. The molecule has 10 aliphatic carbocycles. The summed E-state index contributed by atoms with van der Waals surface area (Å²) in [6.45, 7) is 25.8. The van der Waals surface area contributed by atoms with Gasteiger partial charge in [-0.2, -0.15) is 0 Å². The van der Waals surface area contributed by atoms with E-state index >= 15 is 0 Å². The smallest absolute Gasteiger partial charge is 0.123 e. The van der Waals surface area contributed by atoms with Crippen LogP contribution in [-0.2, 0) is 0 Å². The monoisotopic (exact) mass is 1220 g/mol. The van der Waals surface area contributed by atoms with E-state index in [1.54, 1.807) is 50.7 Å². The molecule has 0 radical (unpaired) electrons. The lowest BCUT2D eigenvalue weighted by Crippen LogP contribution is -2.60. The fourth-order valence-corrected chi connectivity index (χ4v) is 20.5. The molecule has 1 atom stereocenters. The van der Waals surface area contributed by atoms with Crippen LogP contribution >= 0.6 is 23.2 Å². The fraction of sp³-hybridized carbons (Fsp3) is 0.658. The van der Waals surface area contributed by atoms with E-state index in [4.69, 9.17) is 23.2 Å². The third kappa shape index (κ3) is 15.7. The number of rotatable bonds is 10. The summed E-state index contributed by atoms with van der Waals surface area (Å²) in [7, 11) is 0. The Balaban J connectivity index is 0.000000108. The number of anilines is 4. The van der Waals surface area contributed by atoms with E-state index in [0.717, 1.165) is 139 Å². The third-order valence-electron chi connectivity index (χ3n) is 23.9. The number of nitrogens with zero attached hydrogens (tertiary/aromatic N) is 8. The van der Waals surface area contributed by atoms with Gasteiger partial charge in [-0.25, -0.2) is 4.39 Å². The number of aryl methyl sites for hydroxylation is 2. The molecule has 0 amide bonds. The van der Waals surface area contributed by atoms with Crippen LogP contribution in [0.3, 0.4) is 0 Å². The van der Waals surface area contributed by atoms with Crippen molar-refractivity contribution < 1.29 is 4.39 Å². The van der Waals surface area contributed by atoms with Crippen LogP contribution in [0.2, 0.25) is 10.0 Å². The largest absolute Gasteiger partial charge is 0.369 e. The van der Waals surface area contributed by atoms with Gasteiger partial charge in [0.1, 0.15) is 5.82 Å². The maximum absolute atomic E-state index is 12.9. The Morgan fingerprint density at radius 1 is 0.414 bits per heavy atom. The highest BCUT2D eigenvalue weighted by Gasteiger charge is 2.52. The van der Waals surface area contributed by atoms with E-state index in [-0.39, 0.29) is 5.82 Å². The Labute approximate surface area is 535 Å². The molecule has 0 N–H and O–H groups in total. The molecule has 9 saturated carbocycles. The molecule has 1 unspecified atom stereocenters. The molecular formula is C76H107Cl2FN8. The maximum atomic E-state index is 12.9. The zero-order valence-corrected chi connectivity index (χ0v) is 54.9. The molecular weight excluding hydrogens is 1110 g/mol. The van der Waals surface area contributed by atoms with Gasteiger partial charge in [-0.3, -0.25) is 19.6 Å². The Bertz CT molecular complexity index is 2770. The van der Waals surface area contributed by atoms with Gasteiger partial charge in [0.15, 0.2) is 0 Å². The standard InChI is InChI=1S/C22H32N2.C20H27ClN2.C17H23ClN2.C17H25FN2/c1-15-3-4-16(2)21(9-15)23-5-7-24(8-6-23)22-19-11-17-10-18(13-19)14-20(22)12-17;21-18-2-1-3-19(13-18)22-4-6-23(7-5-22)20-16-9-14-8-15(11-16)12-17(20)10-14;18-16-7-4-8-17(13-16)20-11-9-19(10-12-20)14-15-5-2-1-3-6-15;18-16-6-8-17(9-7-16)20-12-10-19(11-13-20)14-15-4-2-1-3-5-15/h3-4,9,17-20,22H,5-8,10-14H2,1-2H3;1-3,13-17,20H,4-12H2;1-2,4,7-8,13,15H,3,5-6,9-12,14H2;6-9,15H,1-5,10-14H2. The second-order valence-corrected chi connectivity index (χ2v) is 30.7. The summed E-state index contributed by atoms with van der Waals surface area (Å²) >= 11 is 12.2. The summed E-state index contributed by atoms with van der Waals surface area (Å²) in [4.78, 5) is 21.0. The summed E-state index contributed by atoms with van der Waals surface area (Å²) in [5, 5.41) is 1.69. The average molecular weight is 1220 g/mol. The molecule has 4 aliphatic heterocycles. The van der Waals surface area contributed by atoms with Crippen LogP contribution in [0.15, 0.2) is 103 Å². The summed E-state index contributed by atoms with van der Waals surface area (Å²) in [6.07, 6.45) is 31.2. The lowest BCUT2D eigenvalue weighted by molar-refractivity contribution is -0.0665. The molecule has 4 aromatic rings. The van der Waals surface area contributed by atoms with Crippen LogP contribution in [0, 0.1) is 78.8 Å². The molecule has 472 valence electrons. The Morgan fingerprint density at radius 2 is 0.862 bits per heavy atom. The van der Waals surface area contributed by atoms with Gasteiger partial charge in [0.2, 0.25) is 0 Å². The van der Waals surface area contributed by atoms with Crippen LogP contribution in [0.25, 0.3) is 0 Å². The fourth-order valence-electron chi connectivity index (χ4n) is 20.1. The van der Waals surface area contributed by atoms with Crippen LogP contribution in [-0.4, -0.2) is 149 Å². The molecule has 8 bridgehead atoms. The lowest BCUT2D eigenvalue weighted by Gasteiger charge is -2.58. The van der Waals surface area contributed by atoms with Crippen LogP contribution in [0.1, 0.15) is 127 Å². The maximum Gasteiger partial charge on any atom is 0.123 e. The lowest BCUT2D eigenvalue weighted by atomic mass is 9.54. The van der Waals surface area contributed by atoms with Crippen LogP contribution in [0.5, 0.6) is 0 Å². The number of halogens is 3. The molecule has 13 fully saturated rings. The zero-order valence-electron chi connectivity index (χ0n) is 53.4. The number of allylic oxidation sites excluding steroid dienone is 2. The molecule has 4 saturated heterocycles. The first-order chi connectivity index (χ1) is 42.5. The Hall–Kier alpha value is -3.83. The minimum atomic E-state index is -0.148. The number of piperazine rings is 4. The molecule has 4 heterocycles. The van der Waals surface area contributed by atoms with Gasteiger partial charge in [-0.15, -0.1) is 0 Å². The molecule has 18 rings (SSSR count). The molecule has 14 aliphatic rings. The molecule has 8 nitrogen and oxygen atoms in total. The second-order valence-electron chi connectivity index (χ2n) is 29.8. The highest BCUT2D eigenvalue weighted by Crippen LogP contribution is 2.56. The minimum Gasteiger partial charge on any atom is -0.369 e. The van der Waals surface area contributed by atoms with Crippen molar-refractivity contribution in [3.63, 3.8) is 0 Å². The molecule has 87 heavy (non-hydrogen) atoms. The molecule has 0 aromatic heterocycles. The normalized spacial score (nSPS) is 31.9. The van der Waals surface area contributed by atoms with Crippen molar-refractivity contribution in [2.45, 2.75) is 142 Å². The van der Waals surface area contributed by atoms with Gasteiger partial charge in [0.05, 0.1) is 0 Å². The zero-order chi connectivity index (χ0) is 59.2. The molecule has 4 aromatic carbocycles. The SMILES string of the molecule is Cc1ccc(C)c(N2CCN(C3C4CC5CC(C4)CC3C5)CC2)c1.Clc1cccc(N2CCN(C3C4CC5CC(C4)CC3C5)CC2)c1.Clc1cccc(N2CCN(CC3CC=CCC3)CC2)c1.Fc1ccc(N2CCN(CC3CCCCC3)CC2)cc1. The first-order valence-corrected chi connectivity index (χ1v) is 36.2. The van der Waals surface area contributed by atoms with Crippen molar-refractivity contribution in [1.29, 1.82) is 0 Å². The number of hydrogen-bond donors (Lipinski definition) is 0. The predicted octanol–water partition coefficient (Wildman–Crippen LogP) is 15.9.